The van der Waals surface area contributed by atoms with Crippen LogP contribution >= 0.6 is 0 Å². The number of nitrogens with zero attached hydrogens (tertiary/aromatic N) is 4. The van der Waals surface area contributed by atoms with Crippen LogP contribution in [0.25, 0.3) is 0 Å². The number of H-pyrrole nitrogens is 1. The van der Waals surface area contributed by atoms with Crippen LogP contribution in [0.1, 0.15) is 43.6 Å². The fourth-order valence-corrected chi connectivity index (χ4v) is 5.02. The molecule has 0 aliphatic carbocycles. The van der Waals surface area contributed by atoms with E-state index in [0.717, 1.165) is 23.2 Å². The lowest BCUT2D eigenvalue weighted by molar-refractivity contribution is -0.128. The highest BCUT2D eigenvalue weighted by Crippen LogP contribution is 2.39. The number of carbonyl (C=O) groups is 3. The summed E-state index contributed by atoms with van der Waals surface area (Å²) < 4.78 is 23.1. The first-order valence-corrected chi connectivity index (χ1v) is 13.6. The third-order valence-corrected chi connectivity index (χ3v) is 7.38. The van der Waals surface area contributed by atoms with Gasteiger partial charge in [0, 0.05) is 6.42 Å². The number of amides is 3. The van der Waals surface area contributed by atoms with Gasteiger partial charge in [-0.3, -0.25) is 24.6 Å². The molecule has 2 aliphatic rings. The van der Waals surface area contributed by atoms with Gasteiger partial charge in [0.2, 0.25) is 17.7 Å². The number of aromatic amines is 1. The van der Waals surface area contributed by atoms with Crippen molar-refractivity contribution in [3.63, 3.8) is 0 Å². The van der Waals surface area contributed by atoms with Crippen LogP contribution in [0.3, 0.4) is 0 Å². The summed E-state index contributed by atoms with van der Waals surface area (Å²) in [5, 5.41) is 22.4. The van der Waals surface area contributed by atoms with Crippen LogP contribution < -0.4 is 20.9 Å². The van der Waals surface area contributed by atoms with E-state index in [9.17, 15) is 18.8 Å². The summed E-state index contributed by atoms with van der Waals surface area (Å²) >= 11 is 0. The molecule has 0 radical (unpaired) electrons. The number of ether oxygens (including phenoxy) is 2. The average molecular weight is 561 g/mol. The molecule has 3 heterocycles. The van der Waals surface area contributed by atoms with E-state index in [-0.39, 0.29) is 62.8 Å². The van der Waals surface area contributed by atoms with Crippen molar-refractivity contribution in [2.24, 2.45) is 5.92 Å². The Morgan fingerprint density at radius 3 is 2.85 bits per heavy atom. The maximum absolute atomic E-state index is 13.8. The van der Waals surface area contributed by atoms with Crippen molar-refractivity contribution in [1.29, 1.82) is 0 Å². The number of carbonyl (C=O) groups excluding carboxylic acids is 3. The van der Waals surface area contributed by atoms with Crippen LogP contribution in [-0.2, 0) is 43.2 Å². The van der Waals surface area contributed by atoms with E-state index < -0.39 is 18.8 Å². The van der Waals surface area contributed by atoms with Crippen LogP contribution in [0.15, 0.2) is 18.2 Å². The van der Waals surface area contributed by atoms with Gasteiger partial charge in [-0.05, 0) is 29.9 Å². The predicted octanol–water partition coefficient (Wildman–Crippen LogP) is 0.169. The topological polar surface area (TPSA) is 163 Å². The second kappa shape index (κ2) is 14.2. The first-order valence-electron chi connectivity index (χ1n) is 13.6. The number of alkyl halides is 1. The summed E-state index contributed by atoms with van der Waals surface area (Å²) in [7, 11) is 0. The van der Waals surface area contributed by atoms with Gasteiger partial charge in [-0.2, -0.15) is 5.21 Å². The molecular formula is C26H37FN8O5. The monoisotopic (exact) mass is 560 g/mol. The zero-order valence-electron chi connectivity index (χ0n) is 22.8. The summed E-state index contributed by atoms with van der Waals surface area (Å²) in [5.74, 6) is -0.333. The van der Waals surface area contributed by atoms with Gasteiger partial charge in [0.25, 0.3) is 0 Å². The van der Waals surface area contributed by atoms with E-state index in [1.165, 1.54) is 0 Å². The number of aromatic nitrogens is 4. The molecule has 3 amide bonds. The Hall–Kier alpha value is -3.49. The van der Waals surface area contributed by atoms with Crippen molar-refractivity contribution in [2.75, 3.05) is 38.1 Å². The fraction of sp³-hybridized carbons (Fsp3) is 0.615. The minimum absolute atomic E-state index is 0.0866. The van der Waals surface area contributed by atoms with Crippen LogP contribution in [0.4, 0.5) is 10.1 Å². The molecule has 2 aromatic rings. The molecule has 1 aromatic carbocycles. The first kappa shape index (κ1) is 29.5. The van der Waals surface area contributed by atoms with E-state index in [0.29, 0.717) is 25.1 Å². The number of aryl methyl sites for hydroxylation is 1. The van der Waals surface area contributed by atoms with Crippen molar-refractivity contribution in [3.05, 3.63) is 35.2 Å². The highest BCUT2D eigenvalue weighted by Gasteiger charge is 2.43. The lowest BCUT2D eigenvalue weighted by atomic mass is 10.00. The molecule has 40 heavy (non-hydrogen) atoms. The summed E-state index contributed by atoms with van der Waals surface area (Å²) in [4.78, 5) is 40.7. The second-order valence-corrected chi connectivity index (χ2v) is 10.0. The van der Waals surface area contributed by atoms with E-state index in [1.807, 2.05) is 32.0 Å². The molecule has 0 fully saturated rings. The van der Waals surface area contributed by atoms with Crippen LogP contribution in [0.5, 0.6) is 0 Å². The minimum atomic E-state index is -0.691. The molecule has 1 aromatic heterocycles. The van der Waals surface area contributed by atoms with Crippen molar-refractivity contribution < 1.29 is 28.2 Å². The molecule has 0 saturated heterocycles. The van der Waals surface area contributed by atoms with Gasteiger partial charge in [0.15, 0.2) is 5.82 Å². The number of hydrogen-bond donors (Lipinski definition) is 4. The number of para-hydroxylation sites is 1. The van der Waals surface area contributed by atoms with Crippen LogP contribution in [0, 0.1) is 5.92 Å². The average Bonchev–Trinajstić information content (AvgIpc) is 3.59. The molecular weight excluding hydrogens is 523 g/mol. The Kier molecular flexibility index (Phi) is 10.5. The maximum atomic E-state index is 13.8. The highest BCUT2D eigenvalue weighted by atomic mass is 19.1. The summed E-state index contributed by atoms with van der Waals surface area (Å²) in [6.07, 6.45) is 2.45. The minimum Gasteiger partial charge on any atom is -0.369 e. The summed E-state index contributed by atoms with van der Waals surface area (Å²) in [6, 6.07) is 4.39. The smallest absolute Gasteiger partial charge is 0.246 e. The molecule has 0 saturated carbocycles. The van der Waals surface area contributed by atoms with E-state index in [1.54, 1.807) is 4.90 Å². The number of halogens is 1. The quantitative estimate of drug-likeness (QED) is 0.176. The van der Waals surface area contributed by atoms with Gasteiger partial charge in [-0.15, -0.1) is 10.2 Å². The standard InChI is InChI=1S/C26H37FN8O5/c1-3-16(2)20(30-23(36)14-39-10-9-27)13-40-15-29-19-8-7-17-5-4-6-18-11-21(35(24(17)18)26(19)38)25(37)28-12-22-31-33-34-32-22/h4-6,16,19-21,29H,3,7-15H2,1-2H3,(H,28,37)(H,30,36)(H,31,32,33,34)/t16-,19-,20+,21-/m0/s1. The van der Waals surface area contributed by atoms with Gasteiger partial charge in [-0.25, -0.2) is 4.39 Å². The van der Waals surface area contributed by atoms with Gasteiger partial charge < -0.3 is 20.1 Å². The number of rotatable bonds is 15. The zero-order chi connectivity index (χ0) is 28.5. The number of anilines is 1. The molecule has 218 valence electrons. The SMILES string of the molecule is CC[C@H](C)[C@@H](COCN[C@H]1CCc2cccc3c2N(C1=O)[C@H](C(=O)NCc1nn[nH]n1)C3)NC(=O)COCCF. The van der Waals surface area contributed by atoms with Crippen molar-refractivity contribution in [2.45, 2.75) is 64.2 Å². The molecule has 13 nitrogen and oxygen atoms in total. The van der Waals surface area contributed by atoms with Crippen LogP contribution in [-0.4, -0.2) is 89.7 Å². The largest absolute Gasteiger partial charge is 0.369 e. The Morgan fingerprint density at radius 1 is 1.27 bits per heavy atom. The van der Waals surface area contributed by atoms with E-state index in [2.05, 4.69) is 36.6 Å². The molecule has 4 rings (SSSR count). The maximum Gasteiger partial charge on any atom is 0.246 e. The second-order valence-electron chi connectivity index (χ2n) is 10.0. The molecule has 4 N–H and O–H groups in total. The Labute approximate surface area is 231 Å². The summed E-state index contributed by atoms with van der Waals surface area (Å²) in [5.41, 5.74) is 2.80. The number of nitrogens with one attached hydrogen (secondary N) is 4. The Bertz CT molecular complexity index is 1150. The molecule has 14 heteroatoms. The van der Waals surface area contributed by atoms with Crippen LogP contribution in [0.2, 0.25) is 0 Å². The molecule has 4 atom stereocenters. The highest BCUT2D eigenvalue weighted by molar-refractivity contribution is 6.06. The van der Waals surface area contributed by atoms with Crippen molar-refractivity contribution in [3.8, 4) is 0 Å². The predicted molar refractivity (Wildman–Crippen MR) is 142 cm³/mol. The Balaban J connectivity index is 1.35. The van der Waals surface area contributed by atoms with Crippen molar-refractivity contribution >= 4 is 23.4 Å². The van der Waals surface area contributed by atoms with Gasteiger partial charge in [-0.1, -0.05) is 43.7 Å². The normalized spacial score (nSPS) is 19.6. The van der Waals surface area contributed by atoms with Gasteiger partial charge in [0.1, 0.15) is 19.3 Å². The summed E-state index contributed by atoms with van der Waals surface area (Å²) in [6.45, 7) is 3.45. The molecule has 0 unspecified atom stereocenters. The van der Waals surface area contributed by atoms with E-state index >= 15 is 0 Å². The molecule has 0 bridgehead atoms. The number of tetrazole rings is 1. The zero-order valence-corrected chi connectivity index (χ0v) is 22.8. The first-order chi connectivity index (χ1) is 19.4. The van der Waals surface area contributed by atoms with Gasteiger partial charge >= 0.3 is 0 Å². The lowest BCUT2D eigenvalue weighted by Gasteiger charge is -2.28. The Morgan fingerprint density at radius 2 is 2.10 bits per heavy atom. The number of hydrogen-bond acceptors (Lipinski definition) is 9. The fourth-order valence-electron chi connectivity index (χ4n) is 5.02. The third kappa shape index (κ3) is 7.17. The lowest BCUT2D eigenvalue weighted by Crippen LogP contribution is -2.54. The molecule has 0 spiro atoms. The molecule has 2 aliphatic heterocycles. The third-order valence-electron chi connectivity index (χ3n) is 7.38. The van der Waals surface area contributed by atoms with Crippen molar-refractivity contribution in [1.82, 2.24) is 36.6 Å². The van der Waals surface area contributed by atoms with Gasteiger partial charge in [0.05, 0.1) is 44.3 Å². The van der Waals surface area contributed by atoms with E-state index in [4.69, 9.17) is 9.47 Å². The number of benzene rings is 1.